The average Bonchev–Trinajstić information content (AvgIpc) is 3.04. The van der Waals surface area contributed by atoms with Crippen LogP contribution >= 0.6 is 0 Å². The van der Waals surface area contributed by atoms with Gasteiger partial charge in [0.15, 0.2) is 0 Å². The normalized spacial score (nSPS) is 20.0. The van der Waals surface area contributed by atoms with Crippen molar-refractivity contribution >= 4 is 28.6 Å². The maximum atomic E-state index is 14.9. The Balaban J connectivity index is 1.77. The molecule has 6 nitrogen and oxygen atoms in total. The number of carbonyl (C=O) groups is 1. The van der Waals surface area contributed by atoms with Crippen LogP contribution in [-0.4, -0.2) is 26.7 Å². The first-order chi connectivity index (χ1) is 16.0. The number of rotatable bonds is 7. The summed E-state index contributed by atoms with van der Waals surface area (Å²) in [6.07, 6.45) is 2.80. The van der Waals surface area contributed by atoms with E-state index >= 15 is 0 Å². The van der Waals surface area contributed by atoms with Gasteiger partial charge in [0, 0.05) is 23.4 Å². The van der Waals surface area contributed by atoms with Gasteiger partial charge in [-0.05, 0) is 74.8 Å². The molecule has 1 aromatic heterocycles. The summed E-state index contributed by atoms with van der Waals surface area (Å²) in [5.41, 5.74) is 2.43. The number of halogens is 1. The van der Waals surface area contributed by atoms with Crippen molar-refractivity contribution in [2.24, 2.45) is 11.3 Å². The number of carboxylic acid groups (broad SMARTS) is 1. The van der Waals surface area contributed by atoms with E-state index in [-0.39, 0.29) is 29.5 Å². The molecule has 34 heavy (non-hydrogen) atoms. The summed E-state index contributed by atoms with van der Waals surface area (Å²) in [6.45, 7) is 10.8. The lowest BCUT2D eigenvalue weighted by molar-refractivity contribution is -0.136. The molecule has 1 aliphatic carbocycles. The molecule has 1 heterocycles. The van der Waals surface area contributed by atoms with Crippen LogP contribution in [-0.2, 0) is 11.2 Å². The zero-order valence-corrected chi connectivity index (χ0v) is 20.6. The fourth-order valence-corrected chi connectivity index (χ4v) is 5.43. The number of aliphatic carboxylic acids is 1. The molecule has 0 bridgehead atoms. The number of nitrogens with zero attached hydrogens (tertiary/aromatic N) is 2. The first-order valence-electron chi connectivity index (χ1n) is 12.0. The Kier molecular flexibility index (Phi) is 6.56. The first kappa shape index (κ1) is 24.0. The van der Waals surface area contributed by atoms with E-state index in [2.05, 4.69) is 30.7 Å². The molecule has 1 aliphatic rings. The molecule has 0 radical (unpaired) electrons. The number of carboxylic acids is 1. The molecule has 4 rings (SSSR count). The number of ether oxygens (including phenoxy) is 1. The second kappa shape index (κ2) is 9.28. The highest BCUT2D eigenvalue weighted by Gasteiger charge is 2.35. The number of anilines is 2. The number of hydrogen-bond donors (Lipinski definition) is 2. The number of nitrogens with one attached hydrogen (secondary N) is 1. The van der Waals surface area contributed by atoms with Crippen molar-refractivity contribution in [3.63, 3.8) is 0 Å². The predicted octanol–water partition coefficient (Wildman–Crippen LogP) is 6.72. The molecule has 0 unspecified atom stereocenters. The smallest absolute Gasteiger partial charge is 0.307 e. The quantitative estimate of drug-likeness (QED) is 0.403. The molecule has 0 saturated heterocycles. The lowest BCUT2D eigenvalue weighted by Gasteiger charge is -2.40. The van der Waals surface area contributed by atoms with Crippen LogP contribution in [0.25, 0.3) is 11.0 Å². The van der Waals surface area contributed by atoms with Crippen molar-refractivity contribution in [1.82, 2.24) is 9.55 Å². The second-order valence-electron chi connectivity index (χ2n) is 10.7. The van der Waals surface area contributed by atoms with Crippen LogP contribution in [0.5, 0.6) is 5.75 Å². The van der Waals surface area contributed by atoms with Gasteiger partial charge in [-0.15, -0.1) is 0 Å². The van der Waals surface area contributed by atoms with Crippen LogP contribution in [0.15, 0.2) is 36.4 Å². The minimum Gasteiger partial charge on any atom is -0.491 e. The third-order valence-electron chi connectivity index (χ3n) is 6.41. The molecular weight excluding hydrogens is 433 g/mol. The van der Waals surface area contributed by atoms with Crippen LogP contribution in [0.1, 0.15) is 65.5 Å². The summed E-state index contributed by atoms with van der Waals surface area (Å²) in [5.74, 6) is 0.373. The minimum atomic E-state index is -1.07. The van der Waals surface area contributed by atoms with Crippen molar-refractivity contribution in [3.8, 4) is 5.75 Å². The summed E-state index contributed by atoms with van der Waals surface area (Å²) < 4.78 is 22.8. The highest BCUT2D eigenvalue weighted by molar-refractivity contribution is 5.82. The van der Waals surface area contributed by atoms with E-state index in [0.717, 1.165) is 30.7 Å². The van der Waals surface area contributed by atoms with Gasteiger partial charge in [-0.1, -0.05) is 20.8 Å². The molecule has 2 aromatic carbocycles. The SMILES string of the molecule is CC(C)Oc1ccc(Nc2nc3cc(CC(=O)O)c(F)cc3n2[C@H]2C[C@H](C)CC(C)(C)C2)cc1. The van der Waals surface area contributed by atoms with Crippen LogP contribution in [0.2, 0.25) is 0 Å². The molecule has 0 amide bonds. The Hall–Kier alpha value is -3.09. The Morgan fingerprint density at radius 3 is 2.59 bits per heavy atom. The Labute approximate surface area is 200 Å². The number of fused-ring (bicyclic) bond motifs is 1. The van der Waals surface area contributed by atoms with Gasteiger partial charge in [0.1, 0.15) is 11.6 Å². The molecular formula is C27H34FN3O3. The molecule has 182 valence electrons. The molecule has 2 atom stereocenters. The van der Waals surface area contributed by atoms with E-state index in [0.29, 0.717) is 22.9 Å². The predicted molar refractivity (Wildman–Crippen MR) is 132 cm³/mol. The third kappa shape index (κ3) is 5.34. The molecule has 7 heteroatoms. The molecule has 1 fully saturated rings. The lowest BCUT2D eigenvalue weighted by atomic mass is 9.70. The van der Waals surface area contributed by atoms with Crippen molar-refractivity contribution in [1.29, 1.82) is 0 Å². The fourth-order valence-electron chi connectivity index (χ4n) is 5.43. The molecule has 0 spiro atoms. The molecule has 1 saturated carbocycles. The Morgan fingerprint density at radius 1 is 1.26 bits per heavy atom. The summed E-state index contributed by atoms with van der Waals surface area (Å²) in [7, 11) is 0. The zero-order chi connectivity index (χ0) is 24.6. The number of aromatic nitrogens is 2. The Morgan fingerprint density at radius 2 is 1.97 bits per heavy atom. The van der Waals surface area contributed by atoms with Gasteiger partial charge in [-0.25, -0.2) is 9.37 Å². The summed E-state index contributed by atoms with van der Waals surface area (Å²) in [4.78, 5) is 16.0. The van der Waals surface area contributed by atoms with Crippen molar-refractivity contribution in [2.75, 3.05) is 5.32 Å². The summed E-state index contributed by atoms with van der Waals surface area (Å²) in [5, 5.41) is 12.6. The molecule has 0 aliphatic heterocycles. The lowest BCUT2D eigenvalue weighted by Crippen LogP contribution is -2.29. The fraction of sp³-hybridized carbons (Fsp3) is 0.481. The maximum absolute atomic E-state index is 14.9. The van der Waals surface area contributed by atoms with Gasteiger partial charge < -0.3 is 19.7 Å². The van der Waals surface area contributed by atoms with Crippen molar-refractivity contribution in [3.05, 3.63) is 47.8 Å². The van der Waals surface area contributed by atoms with E-state index in [9.17, 15) is 14.3 Å². The van der Waals surface area contributed by atoms with Gasteiger partial charge in [0.2, 0.25) is 5.95 Å². The summed E-state index contributed by atoms with van der Waals surface area (Å²) >= 11 is 0. The van der Waals surface area contributed by atoms with Gasteiger partial charge in [-0.2, -0.15) is 0 Å². The average molecular weight is 468 g/mol. The standard InChI is InChI=1S/C27H34FN3O3/c1-16(2)34-21-8-6-19(7-9-21)29-26-30-23-11-18(12-25(32)33)22(28)13-24(23)31(26)20-10-17(3)14-27(4,5)15-20/h6-9,11,13,16-17,20H,10,12,14-15H2,1-5H3,(H,29,30)(H,32,33)/t17-,20-/m0/s1. The van der Waals surface area contributed by atoms with Crippen molar-refractivity contribution < 1.29 is 19.0 Å². The topological polar surface area (TPSA) is 76.4 Å². The van der Waals surface area contributed by atoms with Gasteiger partial charge >= 0.3 is 5.97 Å². The first-order valence-corrected chi connectivity index (χ1v) is 12.0. The number of benzene rings is 2. The zero-order valence-electron chi connectivity index (χ0n) is 20.6. The minimum absolute atomic E-state index is 0.0922. The number of hydrogen-bond acceptors (Lipinski definition) is 4. The summed E-state index contributed by atoms with van der Waals surface area (Å²) in [6, 6.07) is 10.8. The van der Waals surface area contributed by atoms with Crippen LogP contribution in [0.3, 0.4) is 0 Å². The van der Waals surface area contributed by atoms with E-state index in [1.165, 1.54) is 6.07 Å². The highest BCUT2D eigenvalue weighted by Crippen LogP contribution is 2.46. The maximum Gasteiger partial charge on any atom is 0.307 e. The van der Waals surface area contributed by atoms with Crippen LogP contribution < -0.4 is 10.1 Å². The molecule has 3 aromatic rings. The number of imidazole rings is 1. The van der Waals surface area contributed by atoms with Gasteiger partial charge in [-0.3, -0.25) is 4.79 Å². The van der Waals surface area contributed by atoms with Gasteiger partial charge in [0.25, 0.3) is 0 Å². The van der Waals surface area contributed by atoms with Crippen LogP contribution in [0.4, 0.5) is 16.0 Å². The molecule has 2 N–H and O–H groups in total. The third-order valence-corrected chi connectivity index (χ3v) is 6.41. The van der Waals surface area contributed by atoms with Gasteiger partial charge in [0.05, 0.1) is 23.6 Å². The van der Waals surface area contributed by atoms with E-state index in [1.54, 1.807) is 6.07 Å². The van der Waals surface area contributed by atoms with E-state index in [1.807, 2.05) is 38.1 Å². The monoisotopic (exact) mass is 467 g/mol. The van der Waals surface area contributed by atoms with E-state index in [4.69, 9.17) is 9.72 Å². The largest absolute Gasteiger partial charge is 0.491 e. The van der Waals surface area contributed by atoms with E-state index < -0.39 is 11.8 Å². The van der Waals surface area contributed by atoms with Crippen LogP contribution in [0, 0.1) is 17.2 Å². The Bertz CT molecular complexity index is 1180. The van der Waals surface area contributed by atoms with Crippen molar-refractivity contribution in [2.45, 2.75) is 72.4 Å². The second-order valence-corrected chi connectivity index (χ2v) is 10.7. The highest BCUT2D eigenvalue weighted by atomic mass is 19.1.